The van der Waals surface area contributed by atoms with Crippen molar-refractivity contribution in [2.75, 3.05) is 25.1 Å². The van der Waals surface area contributed by atoms with Gasteiger partial charge in [-0.1, -0.05) is 18.2 Å². The zero-order valence-electron chi connectivity index (χ0n) is 11.3. The standard InChI is InChI=1S/C15H20N2O2/c1-17-14-7-3-2-6-12(14)13(9-15(17)18)16-10-11-5-4-8-19-11/h2-3,6-7,11,13,16H,4-5,8-10H2,1H3. The van der Waals surface area contributed by atoms with Crippen LogP contribution in [0.3, 0.4) is 0 Å². The molecule has 1 aromatic rings. The van der Waals surface area contributed by atoms with Crippen molar-refractivity contribution in [1.29, 1.82) is 0 Å². The summed E-state index contributed by atoms with van der Waals surface area (Å²) in [6.45, 7) is 1.70. The number of para-hydroxylation sites is 1. The molecule has 0 aromatic heterocycles. The van der Waals surface area contributed by atoms with Gasteiger partial charge in [-0.05, 0) is 24.5 Å². The van der Waals surface area contributed by atoms with Gasteiger partial charge in [0.15, 0.2) is 0 Å². The highest BCUT2D eigenvalue weighted by atomic mass is 16.5. The third-order valence-electron chi connectivity index (χ3n) is 4.04. The number of hydrogen-bond donors (Lipinski definition) is 1. The summed E-state index contributed by atoms with van der Waals surface area (Å²) in [7, 11) is 1.84. The zero-order valence-corrected chi connectivity index (χ0v) is 11.3. The van der Waals surface area contributed by atoms with E-state index < -0.39 is 0 Å². The van der Waals surface area contributed by atoms with Gasteiger partial charge in [0.25, 0.3) is 0 Å². The predicted octanol–water partition coefficient (Wildman–Crippen LogP) is 1.86. The minimum Gasteiger partial charge on any atom is -0.377 e. The lowest BCUT2D eigenvalue weighted by atomic mass is 9.96. The first-order chi connectivity index (χ1) is 9.25. The van der Waals surface area contributed by atoms with Crippen LogP contribution < -0.4 is 10.2 Å². The maximum atomic E-state index is 12.0. The normalized spacial score (nSPS) is 26.6. The highest BCUT2D eigenvalue weighted by Crippen LogP contribution is 2.33. The lowest BCUT2D eigenvalue weighted by Gasteiger charge is -2.32. The summed E-state index contributed by atoms with van der Waals surface area (Å²) >= 11 is 0. The molecule has 1 aromatic carbocycles. The quantitative estimate of drug-likeness (QED) is 0.902. The molecule has 19 heavy (non-hydrogen) atoms. The van der Waals surface area contributed by atoms with E-state index >= 15 is 0 Å². The second-order valence-electron chi connectivity index (χ2n) is 5.31. The molecule has 2 unspecified atom stereocenters. The van der Waals surface area contributed by atoms with Crippen LogP contribution in [-0.2, 0) is 9.53 Å². The van der Waals surface area contributed by atoms with Crippen LogP contribution in [0.2, 0.25) is 0 Å². The number of fused-ring (bicyclic) bond motifs is 1. The molecule has 2 aliphatic heterocycles. The van der Waals surface area contributed by atoms with Crippen LogP contribution >= 0.6 is 0 Å². The minimum atomic E-state index is 0.115. The van der Waals surface area contributed by atoms with Gasteiger partial charge in [-0.3, -0.25) is 4.79 Å². The van der Waals surface area contributed by atoms with E-state index in [9.17, 15) is 4.79 Å². The summed E-state index contributed by atoms with van der Waals surface area (Å²) in [4.78, 5) is 13.8. The molecule has 0 aliphatic carbocycles. The maximum Gasteiger partial charge on any atom is 0.228 e. The fourth-order valence-electron chi connectivity index (χ4n) is 2.90. The maximum absolute atomic E-state index is 12.0. The summed E-state index contributed by atoms with van der Waals surface area (Å²) in [5.74, 6) is 0.170. The number of amides is 1. The van der Waals surface area contributed by atoms with Gasteiger partial charge in [0, 0.05) is 38.3 Å². The van der Waals surface area contributed by atoms with Gasteiger partial charge in [0.05, 0.1) is 6.10 Å². The molecule has 0 spiro atoms. The lowest BCUT2D eigenvalue weighted by Crippen LogP contribution is -2.39. The van der Waals surface area contributed by atoms with E-state index in [0.29, 0.717) is 12.5 Å². The Bertz CT molecular complexity index is 469. The Morgan fingerprint density at radius 2 is 2.26 bits per heavy atom. The molecule has 1 fully saturated rings. The van der Waals surface area contributed by atoms with Crippen LogP contribution in [0.5, 0.6) is 0 Å². The van der Waals surface area contributed by atoms with Gasteiger partial charge in [0.1, 0.15) is 0 Å². The van der Waals surface area contributed by atoms with E-state index in [1.807, 2.05) is 25.2 Å². The minimum absolute atomic E-state index is 0.115. The lowest BCUT2D eigenvalue weighted by molar-refractivity contribution is -0.119. The van der Waals surface area contributed by atoms with E-state index in [1.54, 1.807) is 4.90 Å². The Balaban J connectivity index is 1.74. The van der Waals surface area contributed by atoms with Crippen molar-refractivity contribution >= 4 is 11.6 Å². The smallest absolute Gasteiger partial charge is 0.228 e. The Labute approximate surface area is 113 Å². The number of hydrogen-bond acceptors (Lipinski definition) is 3. The second-order valence-corrected chi connectivity index (χ2v) is 5.31. The number of ether oxygens (including phenoxy) is 1. The molecular formula is C15H20N2O2. The number of rotatable bonds is 3. The van der Waals surface area contributed by atoms with Gasteiger partial charge in [-0.2, -0.15) is 0 Å². The van der Waals surface area contributed by atoms with Gasteiger partial charge in [0.2, 0.25) is 5.91 Å². The van der Waals surface area contributed by atoms with Crippen molar-refractivity contribution in [3.8, 4) is 0 Å². The van der Waals surface area contributed by atoms with Crippen LogP contribution in [0.15, 0.2) is 24.3 Å². The van der Waals surface area contributed by atoms with Crippen molar-refractivity contribution in [3.63, 3.8) is 0 Å². The molecule has 102 valence electrons. The summed E-state index contributed by atoms with van der Waals surface area (Å²) in [6.07, 6.45) is 3.10. The van der Waals surface area contributed by atoms with E-state index in [0.717, 1.165) is 31.7 Å². The highest BCUT2D eigenvalue weighted by molar-refractivity contribution is 5.96. The number of anilines is 1. The number of benzene rings is 1. The molecule has 2 atom stereocenters. The Kier molecular flexibility index (Phi) is 3.53. The van der Waals surface area contributed by atoms with E-state index in [4.69, 9.17) is 4.74 Å². The Morgan fingerprint density at radius 1 is 1.42 bits per heavy atom. The molecule has 0 bridgehead atoms. The second kappa shape index (κ2) is 5.31. The number of nitrogens with one attached hydrogen (secondary N) is 1. The average molecular weight is 260 g/mol. The predicted molar refractivity (Wildman–Crippen MR) is 74.2 cm³/mol. The topological polar surface area (TPSA) is 41.6 Å². The number of carbonyl (C=O) groups excluding carboxylic acids is 1. The average Bonchev–Trinajstić information content (AvgIpc) is 2.95. The Hall–Kier alpha value is -1.39. The summed E-state index contributed by atoms with van der Waals surface area (Å²) < 4.78 is 5.62. The van der Waals surface area contributed by atoms with Gasteiger partial charge >= 0.3 is 0 Å². The number of carbonyl (C=O) groups is 1. The third kappa shape index (κ3) is 2.51. The van der Waals surface area contributed by atoms with Gasteiger partial charge < -0.3 is 15.0 Å². The van der Waals surface area contributed by atoms with Crippen LogP contribution in [-0.4, -0.2) is 32.2 Å². The first-order valence-electron chi connectivity index (χ1n) is 6.96. The van der Waals surface area contributed by atoms with Crippen LogP contribution in [0.4, 0.5) is 5.69 Å². The van der Waals surface area contributed by atoms with Crippen LogP contribution in [0, 0.1) is 0 Å². The zero-order chi connectivity index (χ0) is 13.2. The molecule has 3 rings (SSSR count). The molecule has 0 radical (unpaired) electrons. The van der Waals surface area contributed by atoms with Crippen molar-refractivity contribution in [3.05, 3.63) is 29.8 Å². The molecule has 1 N–H and O–H groups in total. The Morgan fingerprint density at radius 3 is 3.05 bits per heavy atom. The molecule has 0 saturated carbocycles. The van der Waals surface area contributed by atoms with Gasteiger partial charge in [-0.15, -0.1) is 0 Å². The summed E-state index contributed by atoms with van der Waals surface area (Å²) in [6, 6.07) is 8.23. The number of nitrogens with zero attached hydrogens (tertiary/aromatic N) is 1. The fraction of sp³-hybridized carbons (Fsp3) is 0.533. The van der Waals surface area contributed by atoms with Crippen LogP contribution in [0.25, 0.3) is 0 Å². The van der Waals surface area contributed by atoms with Gasteiger partial charge in [-0.25, -0.2) is 0 Å². The molecule has 2 aliphatic rings. The first kappa shape index (κ1) is 12.6. The van der Waals surface area contributed by atoms with Crippen molar-refractivity contribution in [2.45, 2.75) is 31.4 Å². The largest absolute Gasteiger partial charge is 0.377 e. The van der Waals surface area contributed by atoms with Crippen molar-refractivity contribution < 1.29 is 9.53 Å². The van der Waals surface area contributed by atoms with Crippen molar-refractivity contribution in [2.24, 2.45) is 0 Å². The molecule has 4 heteroatoms. The fourth-order valence-corrected chi connectivity index (χ4v) is 2.90. The van der Waals surface area contributed by atoms with E-state index in [-0.39, 0.29) is 11.9 Å². The van der Waals surface area contributed by atoms with E-state index in [2.05, 4.69) is 11.4 Å². The summed E-state index contributed by atoms with van der Waals surface area (Å²) in [5.41, 5.74) is 2.23. The molecule has 1 amide bonds. The van der Waals surface area contributed by atoms with E-state index in [1.165, 1.54) is 5.56 Å². The SMILES string of the molecule is CN1C(=O)CC(NCC2CCCO2)c2ccccc21. The molecule has 4 nitrogen and oxygen atoms in total. The third-order valence-corrected chi connectivity index (χ3v) is 4.04. The molecule has 1 saturated heterocycles. The highest BCUT2D eigenvalue weighted by Gasteiger charge is 2.29. The summed E-state index contributed by atoms with van der Waals surface area (Å²) in [5, 5.41) is 3.50. The monoisotopic (exact) mass is 260 g/mol. The van der Waals surface area contributed by atoms with Crippen molar-refractivity contribution in [1.82, 2.24) is 5.32 Å². The van der Waals surface area contributed by atoms with Crippen LogP contribution in [0.1, 0.15) is 30.9 Å². The molecular weight excluding hydrogens is 240 g/mol. The molecule has 2 heterocycles. The first-order valence-corrected chi connectivity index (χ1v) is 6.96.